The molecule has 1 nitrogen and oxygen atoms in total. The molecule has 0 saturated heterocycles. The van der Waals surface area contributed by atoms with E-state index in [4.69, 9.17) is 0 Å². The highest BCUT2D eigenvalue weighted by molar-refractivity contribution is 6.91. The van der Waals surface area contributed by atoms with Gasteiger partial charge in [0.15, 0.2) is 0 Å². The van der Waals surface area contributed by atoms with Crippen molar-refractivity contribution >= 4 is 13.3 Å². The van der Waals surface area contributed by atoms with Crippen molar-refractivity contribution in [1.29, 1.82) is 0 Å². The fraction of sp³-hybridized carbons (Fsp3) is 0.364. The SMILES string of the molecule is C=CC(C(C)C(O)CCc1ccccc1)[Si](C)(C)c1ccccc1. The van der Waals surface area contributed by atoms with Gasteiger partial charge in [0.25, 0.3) is 0 Å². The van der Waals surface area contributed by atoms with Crippen molar-refractivity contribution in [3.63, 3.8) is 0 Å². The molecule has 3 atom stereocenters. The number of benzene rings is 2. The van der Waals surface area contributed by atoms with Crippen LogP contribution < -0.4 is 5.19 Å². The van der Waals surface area contributed by atoms with Gasteiger partial charge in [-0.15, -0.1) is 6.58 Å². The smallest absolute Gasteiger partial charge is 0.0877 e. The van der Waals surface area contributed by atoms with Gasteiger partial charge in [0.2, 0.25) is 0 Å². The van der Waals surface area contributed by atoms with Gasteiger partial charge in [-0.2, -0.15) is 0 Å². The van der Waals surface area contributed by atoms with Crippen LogP contribution in [-0.2, 0) is 6.42 Å². The van der Waals surface area contributed by atoms with Crippen LogP contribution in [0.4, 0.5) is 0 Å². The maximum absolute atomic E-state index is 10.8. The summed E-state index contributed by atoms with van der Waals surface area (Å²) in [7, 11) is -1.72. The molecule has 24 heavy (non-hydrogen) atoms. The quantitative estimate of drug-likeness (QED) is 0.542. The van der Waals surface area contributed by atoms with Crippen molar-refractivity contribution in [2.24, 2.45) is 5.92 Å². The van der Waals surface area contributed by atoms with Gasteiger partial charge in [-0.25, -0.2) is 0 Å². The van der Waals surface area contributed by atoms with E-state index in [0.717, 1.165) is 12.8 Å². The first kappa shape index (κ1) is 18.7. The molecule has 0 aliphatic heterocycles. The van der Waals surface area contributed by atoms with Crippen LogP contribution in [0.25, 0.3) is 0 Å². The number of aliphatic hydroxyl groups is 1. The minimum absolute atomic E-state index is 0.216. The van der Waals surface area contributed by atoms with Crippen molar-refractivity contribution < 1.29 is 5.11 Å². The van der Waals surface area contributed by atoms with Gasteiger partial charge >= 0.3 is 0 Å². The normalized spacial score (nSPS) is 15.5. The molecule has 0 aromatic heterocycles. The molecular formula is C22H30OSi. The zero-order chi connectivity index (χ0) is 17.6. The largest absolute Gasteiger partial charge is 0.393 e. The third-order valence-corrected chi connectivity index (χ3v) is 9.60. The maximum atomic E-state index is 10.8. The lowest BCUT2D eigenvalue weighted by molar-refractivity contribution is 0.108. The number of allylic oxidation sites excluding steroid dienone is 1. The van der Waals surface area contributed by atoms with Crippen LogP contribution in [0.1, 0.15) is 18.9 Å². The van der Waals surface area contributed by atoms with Crippen LogP contribution in [0.15, 0.2) is 73.3 Å². The topological polar surface area (TPSA) is 20.2 Å². The van der Waals surface area contributed by atoms with Crippen molar-refractivity contribution in [3.8, 4) is 0 Å². The molecule has 2 aromatic rings. The summed E-state index contributed by atoms with van der Waals surface area (Å²) >= 11 is 0. The van der Waals surface area contributed by atoms with E-state index in [1.165, 1.54) is 10.8 Å². The second-order valence-corrected chi connectivity index (χ2v) is 12.0. The molecule has 0 saturated carbocycles. The molecule has 0 radical (unpaired) electrons. The van der Waals surface area contributed by atoms with Crippen LogP contribution >= 0.6 is 0 Å². The van der Waals surface area contributed by atoms with Crippen molar-refractivity contribution in [2.75, 3.05) is 0 Å². The summed E-state index contributed by atoms with van der Waals surface area (Å²) in [5.41, 5.74) is 1.64. The Kier molecular flexibility index (Phi) is 6.58. The van der Waals surface area contributed by atoms with Crippen LogP contribution in [0.2, 0.25) is 18.6 Å². The Hall–Kier alpha value is -1.64. The van der Waals surface area contributed by atoms with Gasteiger partial charge in [-0.05, 0) is 29.9 Å². The van der Waals surface area contributed by atoms with Crippen molar-refractivity contribution in [2.45, 2.75) is 44.5 Å². The molecule has 0 spiro atoms. The fourth-order valence-electron chi connectivity index (χ4n) is 3.69. The van der Waals surface area contributed by atoms with E-state index in [-0.39, 0.29) is 12.0 Å². The summed E-state index contributed by atoms with van der Waals surface area (Å²) in [6, 6.07) is 21.2. The van der Waals surface area contributed by atoms with Gasteiger partial charge in [-0.3, -0.25) is 0 Å². The average molecular weight is 339 g/mol. The highest BCUT2D eigenvalue weighted by Gasteiger charge is 2.37. The lowest BCUT2D eigenvalue weighted by Crippen LogP contribution is -2.49. The van der Waals surface area contributed by atoms with Gasteiger partial charge in [-0.1, -0.05) is 91.9 Å². The van der Waals surface area contributed by atoms with E-state index in [0.29, 0.717) is 5.54 Å². The molecule has 0 aliphatic carbocycles. The zero-order valence-electron chi connectivity index (χ0n) is 15.2. The van der Waals surface area contributed by atoms with Crippen LogP contribution in [-0.4, -0.2) is 19.3 Å². The van der Waals surface area contributed by atoms with Crippen molar-refractivity contribution in [1.82, 2.24) is 0 Å². The summed E-state index contributed by atoms with van der Waals surface area (Å²) in [4.78, 5) is 0. The first-order valence-electron chi connectivity index (χ1n) is 8.87. The van der Waals surface area contributed by atoms with E-state index in [1.807, 2.05) is 6.07 Å². The Labute approximate surface area is 148 Å². The Balaban J connectivity index is 2.07. The molecule has 2 heteroatoms. The zero-order valence-corrected chi connectivity index (χ0v) is 16.2. The number of hydrogen-bond donors (Lipinski definition) is 1. The summed E-state index contributed by atoms with van der Waals surface area (Å²) < 4.78 is 0. The Morgan fingerprint density at radius 3 is 2.08 bits per heavy atom. The minimum Gasteiger partial charge on any atom is -0.393 e. The molecule has 0 heterocycles. The second-order valence-electron chi connectivity index (χ2n) is 7.30. The van der Waals surface area contributed by atoms with E-state index < -0.39 is 8.07 Å². The lowest BCUT2D eigenvalue weighted by atomic mass is 9.95. The third-order valence-electron chi connectivity index (χ3n) is 5.35. The summed E-state index contributed by atoms with van der Waals surface area (Å²) in [5.74, 6) is 0.216. The molecule has 0 aliphatic rings. The molecule has 0 amide bonds. The van der Waals surface area contributed by atoms with E-state index >= 15 is 0 Å². The molecular weight excluding hydrogens is 308 g/mol. The van der Waals surface area contributed by atoms with Crippen molar-refractivity contribution in [3.05, 3.63) is 78.9 Å². The third kappa shape index (κ3) is 4.46. The van der Waals surface area contributed by atoms with E-state index in [1.54, 1.807) is 0 Å². The predicted octanol–water partition coefficient (Wildman–Crippen LogP) is 4.79. The molecule has 0 bridgehead atoms. The highest BCUT2D eigenvalue weighted by atomic mass is 28.3. The summed E-state index contributed by atoms with van der Waals surface area (Å²) in [5, 5.41) is 12.2. The second kappa shape index (κ2) is 8.45. The van der Waals surface area contributed by atoms with Gasteiger partial charge in [0.1, 0.15) is 0 Å². The van der Waals surface area contributed by atoms with E-state index in [2.05, 4.69) is 87.3 Å². The van der Waals surface area contributed by atoms with E-state index in [9.17, 15) is 5.11 Å². The maximum Gasteiger partial charge on any atom is 0.0877 e. The highest BCUT2D eigenvalue weighted by Crippen LogP contribution is 2.34. The van der Waals surface area contributed by atoms with Crippen LogP contribution in [0, 0.1) is 5.92 Å². The molecule has 1 N–H and O–H groups in total. The number of aryl methyl sites for hydroxylation is 1. The fourth-order valence-corrected chi connectivity index (χ4v) is 7.25. The molecule has 0 fully saturated rings. The first-order chi connectivity index (χ1) is 11.5. The average Bonchev–Trinajstić information content (AvgIpc) is 2.61. The predicted molar refractivity (Wildman–Crippen MR) is 107 cm³/mol. The van der Waals surface area contributed by atoms with Crippen LogP contribution in [0.3, 0.4) is 0 Å². The first-order valence-corrected chi connectivity index (χ1v) is 11.9. The van der Waals surface area contributed by atoms with Gasteiger partial charge in [0.05, 0.1) is 14.2 Å². The Morgan fingerprint density at radius 2 is 1.54 bits per heavy atom. The summed E-state index contributed by atoms with van der Waals surface area (Å²) in [6.07, 6.45) is 3.50. The monoisotopic (exact) mass is 338 g/mol. The number of rotatable bonds is 8. The summed E-state index contributed by atoms with van der Waals surface area (Å²) in [6.45, 7) is 11.0. The standard InChI is InChI=1S/C22H30OSi/c1-5-22(24(3,4)20-14-10-7-11-15-20)18(2)21(23)17-16-19-12-8-6-9-13-19/h5-15,18,21-23H,1,16-17H2,2-4H3. The molecule has 3 unspecified atom stereocenters. The molecule has 128 valence electrons. The lowest BCUT2D eigenvalue weighted by Gasteiger charge is -2.37. The van der Waals surface area contributed by atoms with Gasteiger partial charge < -0.3 is 5.11 Å². The minimum atomic E-state index is -1.72. The van der Waals surface area contributed by atoms with Crippen LogP contribution in [0.5, 0.6) is 0 Å². The Bertz CT molecular complexity index is 621. The number of hydrogen-bond acceptors (Lipinski definition) is 1. The molecule has 2 rings (SSSR count). The Morgan fingerprint density at radius 1 is 1.00 bits per heavy atom. The molecule has 2 aromatic carbocycles. The number of aliphatic hydroxyl groups excluding tert-OH is 1. The van der Waals surface area contributed by atoms with Gasteiger partial charge in [0, 0.05) is 0 Å².